The SMILES string of the molecule is O=C(CCNC(=O)C1=NOC(c2ccccc2)C1)Nc1ccccn1. The van der Waals surface area contributed by atoms with Gasteiger partial charge in [-0.3, -0.25) is 9.59 Å². The molecule has 0 fully saturated rings. The van der Waals surface area contributed by atoms with Crippen molar-refractivity contribution in [1.82, 2.24) is 10.3 Å². The molecule has 0 spiro atoms. The van der Waals surface area contributed by atoms with Gasteiger partial charge in [-0.2, -0.15) is 0 Å². The largest absolute Gasteiger partial charge is 0.387 e. The van der Waals surface area contributed by atoms with Crippen LogP contribution >= 0.6 is 0 Å². The third-order valence-electron chi connectivity index (χ3n) is 3.67. The van der Waals surface area contributed by atoms with Gasteiger partial charge in [-0.25, -0.2) is 4.98 Å². The maximum atomic E-state index is 12.1. The van der Waals surface area contributed by atoms with E-state index < -0.39 is 0 Å². The number of oxime groups is 1. The number of pyridine rings is 1. The Kier molecular flexibility index (Phi) is 5.36. The molecule has 1 unspecified atom stereocenters. The summed E-state index contributed by atoms with van der Waals surface area (Å²) in [4.78, 5) is 33.2. The molecule has 3 rings (SSSR count). The van der Waals surface area contributed by atoms with Crippen LogP contribution in [0.25, 0.3) is 0 Å². The number of aromatic nitrogens is 1. The molecule has 1 aromatic carbocycles. The zero-order valence-electron chi connectivity index (χ0n) is 13.5. The summed E-state index contributed by atoms with van der Waals surface area (Å²) in [6.45, 7) is 0.215. The zero-order chi connectivity index (χ0) is 17.5. The molecule has 1 aromatic heterocycles. The van der Waals surface area contributed by atoms with Crippen LogP contribution in [0.1, 0.15) is 24.5 Å². The molecule has 1 aliphatic heterocycles. The highest BCUT2D eigenvalue weighted by molar-refractivity contribution is 6.39. The Morgan fingerprint density at radius 1 is 1.12 bits per heavy atom. The van der Waals surface area contributed by atoms with Crippen molar-refractivity contribution in [3.8, 4) is 0 Å². The number of carbonyl (C=O) groups is 2. The minimum atomic E-state index is -0.316. The van der Waals surface area contributed by atoms with Crippen molar-refractivity contribution in [3.05, 3.63) is 60.3 Å². The zero-order valence-corrected chi connectivity index (χ0v) is 13.5. The van der Waals surface area contributed by atoms with Gasteiger partial charge in [0.25, 0.3) is 5.91 Å². The molecular weight excluding hydrogens is 320 g/mol. The van der Waals surface area contributed by atoms with Crippen molar-refractivity contribution in [2.75, 3.05) is 11.9 Å². The Balaban J connectivity index is 1.40. The highest BCUT2D eigenvalue weighted by atomic mass is 16.6. The fourth-order valence-corrected chi connectivity index (χ4v) is 2.39. The second-order valence-electron chi connectivity index (χ2n) is 5.52. The molecule has 1 aliphatic rings. The van der Waals surface area contributed by atoms with Crippen molar-refractivity contribution in [2.45, 2.75) is 18.9 Å². The molecule has 2 N–H and O–H groups in total. The summed E-state index contributed by atoms with van der Waals surface area (Å²) in [5.41, 5.74) is 1.31. The predicted octanol–water partition coefficient (Wildman–Crippen LogP) is 2.04. The molecule has 2 heterocycles. The molecule has 2 aromatic rings. The normalized spacial score (nSPS) is 15.8. The van der Waals surface area contributed by atoms with Crippen LogP contribution in [0, 0.1) is 0 Å². The number of anilines is 1. The van der Waals surface area contributed by atoms with E-state index in [1.54, 1.807) is 24.4 Å². The summed E-state index contributed by atoms with van der Waals surface area (Å²) in [6, 6.07) is 14.9. The maximum Gasteiger partial charge on any atom is 0.269 e. The van der Waals surface area contributed by atoms with Gasteiger partial charge in [0.15, 0.2) is 6.10 Å². The molecule has 0 bridgehead atoms. The Labute approximate surface area is 145 Å². The Hall–Kier alpha value is -3.22. The summed E-state index contributed by atoms with van der Waals surface area (Å²) in [7, 11) is 0. The van der Waals surface area contributed by atoms with Crippen LogP contribution in [0.3, 0.4) is 0 Å². The van der Waals surface area contributed by atoms with E-state index >= 15 is 0 Å². The van der Waals surface area contributed by atoms with Gasteiger partial charge in [0.1, 0.15) is 11.5 Å². The summed E-state index contributed by atoms with van der Waals surface area (Å²) < 4.78 is 0. The first-order valence-electron chi connectivity index (χ1n) is 7.99. The molecule has 25 heavy (non-hydrogen) atoms. The lowest BCUT2D eigenvalue weighted by molar-refractivity contribution is -0.116. The van der Waals surface area contributed by atoms with E-state index in [-0.39, 0.29) is 30.9 Å². The van der Waals surface area contributed by atoms with Crippen molar-refractivity contribution in [2.24, 2.45) is 5.16 Å². The molecule has 2 amide bonds. The first kappa shape index (κ1) is 16.6. The average Bonchev–Trinajstić information content (AvgIpc) is 3.13. The van der Waals surface area contributed by atoms with E-state index in [4.69, 9.17) is 4.84 Å². The second kappa shape index (κ2) is 8.05. The van der Waals surface area contributed by atoms with Gasteiger partial charge >= 0.3 is 0 Å². The van der Waals surface area contributed by atoms with Crippen LogP contribution in [0.2, 0.25) is 0 Å². The first-order valence-corrected chi connectivity index (χ1v) is 7.99. The lowest BCUT2D eigenvalue weighted by Gasteiger charge is -2.07. The third kappa shape index (κ3) is 4.63. The van der Waals surface area contributed by atoms with Crippen LogP contribution in [0.15, 0.2) is 59.9 Å². The monoisotopic (exact) mass is 338 g/mol. The van der Waals surface area contributed by atoms with E-state index in [0.717, 1.165) is 5.56 Å². The van der Waals surface area contributed by atoms with Crippen molar-refractivity contribution < 1.29 is 14.4 Å². The molecule has 7 nitrogen and oxygen atoms in total. The molecule has 0 aliphatic carbocycles. The Morgan fingerprint density at radius 2 is 1.92 bits per heavy atom. The lowest BCUT2D eigenvalue weighted by Crippen LogP contribution is -2.33. The number of nitrogens with one attached hydrogen (secondary N) is 2. The fourth-order valence-electron chi connectivity index (χ4n) is 2.39. The van der Waals surface area contributed by atoms with Gasteiger partial charge in [-0.05, 0) is 17.7 Å². The molecule has 7 heteroatoms. The number of rotatable bonds is 6. The molecule has 0 saturated heterocycles. The van der Waals surface area contributed by atoms with Crippen molar-refractivity contribution >= 4 is 23.3 Å². The summed E-state index contributed by atoms with van der Waals surface area (Å²) >= 11 is 0. The quantitative estimate of drug-likeness (QED) is 0.843. The third-order valence-corrected chi connectivity index (χ3v) is 3.67. The van der Waals surface area contributed by atoms with Gasteiger partial charge in [0.05, 0.1) is 0 Å². The smallest absolute Gasteiger partial charge is 0.269 e. The lowest BCUT2D eigenvalue weighted by atomic mass is 10.0. The number of nitrogens with zero attached hydrogens (tertiary/aromatic N) is 2. The number of benzene rings is 1. The highest BCUT2D eigenvalue weighted by Gasteiger charge is 2.27. The first-order chi connectivity index (χ1) is 12.2. The summed E-state index contributed by atoms with van der Waals surface area (Å²) in [5, 5.41) is 9.19. The minimum absolute atomic E-state index is 0.151. The molecule has 1 atom stereocenters. The Morgan fingerprint density at radius 3 is 2.68 bits per heavy atom. The van der Waals surface area contributed by atoms with Gasteiger partial charge in [0, 0.05) is 25.6 Å². The van der Waals surface area contributed by atoms with Gasteiger partial charge < -0.3 is 15.5 Å². The molecule has 0 radical (unpaired) electrons. The highest BCUT2D eigenvalue weighted by Crippen LogP contribution is 2.26. The van der Waals surface area contributed by atoms with E-state index in [1.165, 1.54) is 0 Å². The number of hydrogen-bond acceptors (Lipinski definition) is 5. The van der Waals surface area contributed by atoms with Crippen molar-refractivity contribution in [3.63, 3.8) is 0 Å². The van der Waals surface area contributed by atoms with Crippen molar-refractivity contribution in [1.29, 1.82) is 0 Å². The Bertz CT molecular complexity index is 762. The van der Waals surface area contributed by atoms with Crippen LogP contribution in [-0.2, 0) is 14.4 Å². The second-order valence-corrected chi connectivity index (χ2v) is 5.52. The fraction of sp³-hybridized carbons (Fsp3) is 0.222. The number of amides is 2. The van der Waals surface area contributed by atoms with E-state index in [9.17, 15) is 9.59 Å². The minimum Gasteiger partial charge on any atom is -0.387 e. The maximum absolute atomic E-state index is 12.1. The van der Waals surface area contributed by atoms with Crippen LogP contribution < -0.4 is 10.6 Å². The average molecular weight is 338 g/mol. The van der Waals surface area contributed by atoms with Gasteiger partial charge in [-0.15, -0.1) is 0 Å². The summed E-state index contributed by atoms with van der Waals surface area (Å²) in [6.07, 6.45) is 1.92. The number of hydrogen-bond donors (Lipinski definition) is 2. The molecule has 0 saturated carbocycles. The molecule has 128 valence electrons. The number of carbonyl (C=O) groups excluding carboxylic acids is 2. The topological polar surface area (TPSA) is 92.7 Å². The van der Waals surface area contributed by atoms with Gasteiger partial charge in [-0.1, -0.05) is 41.6 Å². The van der Waals surface area contributed by atoms with Crippen LogP contribution in [0.4, 0.5) is 5.82 Å². The van der Waals surface area contributed by atoms with E-state index in [1.807, 2.05) is 30.3 Å². The molecular formula is C18H18N4O3. The van der Waals surface area contributed by atoms with E-state index in [0.29, 0.717) is 18.0 Å². The predicted molar refractivity (Wildman–Crippen MR) is 92.8 cm³/mol. The van der Waals surface area contributed by atoms with Gasteiger partial charge in [0.2, 0.25) is 5.91 Å². The standard InChI is InChI=1S/C18H18N4O3/c23-17(21-16-8-4-5-10-19-16)9-11-20-18(24)14-12-15(25-22-14)13-6-2-1-3-7-13/h1-8,10,15H,9,11-12H2,(H,20,24)(H,19,21,23). The van der Waals surface area contributed by atoms with Crippen LogP contribution in [-0.4, -0.2) is 29.1 Å². The van der Waals surface area contributed by atoms with Crippen LogP contribution in [0.5, 0.6) is 0 Å². The summed E-state index contributed by atoms with van der Waals surface area (Å²) in [5.74, 6) is -0.0482. The van der Waals surface area contributed by atoms with E-state index in [2.05, 4.69) is 20.8 Å².